The first-order valence-corrected chi connectivity index (χ1v) is 7.52. The molecule has 104 valence electrons. The summed E-state index contributed by atoms with van der Waals surface area (Å²) < 4.78 is 0. The molecule has 1 aliphatic rings. The Labute approximate surface area is 121 Å². The van der Waals surface area contributed by atoms with Gasteiger partial charge in [-0.1, -0.05) is 23.7 Å². The number of thioether (sulfide) groups is 1. The lowest BCUT2D eigenvalue weighted by molar-refractivity contribution is -0.116. The van der Waals surface area contributed by atoms with Crippen LogP contribution in [-0.4, -0.2) is 46.4 Å². The van der Waals surface area contributed by atoms with Crippen molar-refractivity contribution >= 4 is 35.0 Å². The van der Waals surface area contributed by atoms with Crippen LogP contribution in [0.1, 0.15) is 6.42 Å². The number of halogens is 1. The van der Waals surface area contributed by atoms with Gasteiger partial charge in [0.25, 0.3) is 0 Å². The third-order valence-corrected chi connectivity index (χ3v) is 4.74. The highest BCUT2D eigenvalue weighted by Crippen LogP contribution is 2.32. The average molecular weight is 302 g/mol. The number of rotatable bonds is 5. The van der Waals surface area contributed by atoms with Gasteiger partial charge in [0.15, 0.2) is 0 Å². The van der Waals surface area contributed by atoms with Gasteiger partial charge in [0.05, 0.1) is 28.7 Å². The molecule has 1 saturated heterocycles. The van der Waals surface area contributed by atoms with Crippen molar-refractivity contribution in [3.8, 4) is 0 Å². The number of carbonyl (C=O) groups excluding carboxylic acids is 1. The van der Waals surface area contributed by atoms with E-state index in [-0.39, 0.29) is 17.8 Å². The molecule has 2 atom stereocenters. The predicted octanol–water partition coefficient (Wildman–Crippen LogP) is 1.53. The third-order valence-electron chi connectivity index (χ3n) is 3.00. The van der Waals surface area contributed by atoms with Crippen molar-refractivity contribution in [2.24, 2.45) is 0 Å². The molecule has 1 aliphatic heterocycles. The van der Waals surface area contributed by atoms with Crippen LogP contribution in [0.25, 0.3) is 0 Å². The summed E-state index contributed by atoms with van der Waals surface area (Å²) >= 11 is 7.48. The largest absolute Gasteiger partial charge is 0.394 e. The summed E-state index contributed by atoms with van der Waals surface area (Å²) in [5.41, 5.74) is 0.736. The number of aliphatic hydroxyl groups is 2. The molecule has 0 spiro atoms. The van der Waals surface area contributed by atoms with Crippen molar-refractivity contribution in [2.45, 2.75) is 17.8 Å². The van der Waals surface area contributed by atoms with E-state index in [1.54, 1.807) is 11.0 Å². The van der Waals surface area contributed by atoms with Crippen LogP contribution in [-0.2, 0) is 4.79 Å². The Hall–Kier alpha value is -0.750. The van der Waals surface area contributed by atoms with E-state index in [0.29, 0.717) is 17.3 Å². The molecular formula is C13H16ClNO3S. The second-order valence-corrected chi connectivity index (χ2v) is 6.03. The van der Waals surface area contributed by atoms with E-state index in [9.17, 15) is 9.90 Å². The highest BCUT2D eigenvalue weighted by Gasteiger charge is 2.33. The Morgan fingerprint density at radius 3 is 2.89 bits per heavy atom. The highest BCUT2D eigenvalue weighted by molar-refractivity contribution is 8.00. The number of hydrogen-bond donors (Lipinski definition) is 2. The van der Waals surface area contributed by atoms with Crippen LogP contribution in [0.15, 0.2) is 24.3 Å². The van der Waals surface area contributed by atoms with E-state index in [2.05, 4.69) is 0 Å². The van der Waals surface area contributed by atoms with Crippen molar-refractivity contribution in [1.82, 2.24) is 0 Å². The van der Waals surface area contributed by atoms with Gasteiger partial charge in [-0.15, -0.1) is 11.8 Å². The van der Waals surface area contributed by atoms with Crippen LogP contribution in [0, 0.1) is 0 Å². The van der Waals surface area contributed by atoms with Gasteiger partial charge in [0.2, 0.25) is 5.91 Å². The Bertz CT molecular complexity index is 457. The summed E-state index contributed by atoms with van der Waals surface area (Å²) in [6, 6.07) is 7.27. The van der Waals surface area contributed by atoms with Crippen LogP contribution in [0.2, 0.25) is 5.02 Å². The summed E-state index contributed by atoms with van der Waals surface area (Å²) in [7, 11) is 0. The Kier molecular flexibility index (Phi) is 5.10. The van der Waals surface area contributed by atoms with Crippen molar-refractivity contribution in [3.63, 3.8) is 0 Å². The minimum absolute atomic E-state index is 0.0169. The lowest BCUT2D eigenvalue weighted by Crippen LogP contribution is -2.29. The van der Waals surface area contributed by atoms with Crippen LogP contribution in [0.4, 0.5) is 5.69 Å². The zero-order valence-electron chi connectivity index (χ0n) is 10.3. The summed E-state index contributed by atoms with van der Waals surface area (Å²) in [5, 5.41) is 18.5. The summed E-state index contributed by atoms with van der Waals surface area (Å²) in [4.78, 5) is 13.9. The molecule has 0 aromatic heterocycles. The lowest BCUT2D eigenvalue weighted by Gasteiger charge is -2.18. The molecule has 1 aromatic rings. The molecule has 1 fully saturated rings. The maximum atomic E-state index is 12.3. The van der Waals surface area contributed by atoms with E-state index in [4.69, 9.17) is 16.7 Å². The van der Waals surface area contributed by atoms with Crippen LogP contribution < -0.4 is 4.90 Å². The number of aliphatic hydroxyl groups excluding tert-OH is 2. The maximum Gasteiger partial charge on any atom is 0.240 e. The molecule has 2 N–H and O–H groups in total. The summed E-state index contributed by atoms with van der Waals surface area (Å²) in [5.74, 6) is 0.381. The molecule has 2 unspecified atom stereocenters. The number of anilines is 1. The third kappa shape index (κ3) is 3.42. The Morgan fingerprint density at radius 1 is 1.47 bits per heavy atom. The van der Waals surface area contributed by atoms with Gasteiger partial charge >= 0.3 is 0 Å². The molecule has 1 amide bonds. The van der Waals surface area contributed by atoms with E-state index >= 15 is 0 Å². The molecule has 0 radical (unpaired) electrons. The summed E-state index contributed by atoms with van der Waals surface area (Å²) in [6.07, 6.45) is -0.0421. The fourth-order valence-electron chi connectivity index (χ4n) is 2.00. The van der Waals surface area contributed by atoms with Gasteiger partial charge in [0.1, 0.15) is 0 Å². The second-order valence-electron chi connectivity index (χ2n) is 4.39. The molecule has 1 heterocycles. The molecule has 2 rings (SSSR count). The first-order valence-electron chi connectivity index (χ1n) is 6.10. The average Bonchev–Trinajstić information content (AvgIpc) is 2.78. The minimum Gasteiger partial charge on any atom is -0.394 e. The minimum atomic E-state index is -0.771. The van der Waals surface area contributed by atoms with Crippen LogP contribution in [0.3, 0.4) is 0 Å². The van der Waals surface area contributed by atoms with Gasteiger partial charge in [-0.05, 0) is 18.6 Å². The van der Waals surface area contributed by atoms with Crippen LogP contribution >= 0.6 is 23.4 Å². The number of para-hydroxylation sites is 1. The van der Waals surface area contributed by atoms with Crippen molar-refractivity contribution in [2.75, 3.05) is 23.8 Å². The first kappa shape index (κ1) is 14.7. The van der Waals surface area contributed by atoms with Gasteiger partial charge in [-0.3, -0.25) is 4.79 Å². The molecule has 6 heteroatoms. The molecule has 4 nitrogen and oxygen atoms in total. The second kappa shape index (κ2) is 6.61. The molecular weight excluding hydrogens is 286 g/mol. The smallest absolute Gasteiger partial charge is 0.240 e. The fraction of sp³-hybridized carbons (Fsp3) is 0.462. The quantitative estimate of drug-likeness (QED) is 0.866. The monoisotopic (exact) mass is 301 g/mol. The van der Waals surface area contributed by atoms with Crippen LogP contribution in [0.5, 0.6) is 0 Å². The molecule has 19 heavy (non-hydrogen) atoms. The van der Waals surface area contributed by atoms with Gasteiger partial charge < -0.3 is 15.1 Å². The van der Waals surface area contributed by atoms with Gasteiger partial charge in [-0.2, -0.15) is 0 Å². The number of amides is 1. The Balaban J connectivity index is 2.00. The lowest BCUT2D eigenvalue weighted by atomic mass is 10.3. The highest BCUT2D eigenvalue weighted by atomic mass is 35.5. The zero-order chi connectivity index (χ0) is 13.8. The SMILES string of the molecule is O=C1C(SCC(O)CO)CCN1c1ccccc1Cl. The van der Waals surface area contributed by atoms with E-state index in [1.165, 1.54) is 11.8 Å². The standard InChI is InChI=1S/C13H16ClNO3S/c14-10-3-1-2-4-11(10)15-6-5-12(13(15)18)19-8-9(17)7-16/h1-4,9,12,16-17H,5-8H2. The van der Waals surface area contributed by atoms with Crippen molar-refractivity contribution < 1.29 is 15.0 Å². The molecule has 1 aromatic carbocycles. The topological polar surface area (TPSA) is 60.8 Å². The number of benzene rings is 1. The number of carbonyl (C=O) groups is 1. The Morgan fingerprint density at radius 2 is 2.21 bits per heavy atom. The maximum absolute atomic E-state index is 12.3. The zero-order valence-corrected chi connectivity index (χ0v) is 11.9. The number of nitrogens with zero attached hydrogens (tertiary/aromatic N) is 1. The summed E-state index contributed by atoms with van der Waals surface area (Å²) in [6.45, 7) is 0.359. The van der Waals surface area contributed by atoms with Crippen molar-refractivity contribution in [1.29, 1.82) is 0 Å². The van der Waals surface area contributed by atoms with Crippen molar-refractivity contribution in [3.05, 3.63) is 29.3 Å². The normalized spacial score (nSPS) is 20.9. The van der Waals surface area contributed by atoms with Gasteiger partial charge in [0, 0.05) is 12.3 Å². The molecule has 0 saturated carbocycles. The van der Waals surface area contributed by atoms with Gasteiger partial charge in [-0.25, -0.2) is 0 Å². The fourth-order valence-corrected chi connectivity index (χ4v) is 3.34. The molecule has 0 aliphatic carbocycles. The van der Waals surface area contributed by atoms with E-state index in [0.717, 1.165) is 12.1 Å². The van der Waals surface area contributed by atoms with E-state index in [1.807, 2.05) is 18.2 Å². The molecule has 0 bridgehead atoms. The number of hydrogen-bond acceptors (Lipinski definition) is 4. The predicted molar refractivity (Wildman–Crippen MR) is 77.8 cm³/mol. The first-order chi connectivity index (χ1) is 9.13. The van der Waals surface area contributed by atoms with E-state index < -0.39 is 6.10 Å².